The number of fused-ring (bicyclic) bond motifs is 1. The molecule has 0 aliphatic carbocycles. The van der Waals surface area contributed by atoms with Gasteiger partial charge in [-0.1, -0.05) is 6.07 Å². The van der Waals surface area contributed by atoms with Crippen LogP contribution in [0.15, 0.2) is 24.5 Å². The van der Waals surface area contributed by atoms with Crippen LogP contribution in [0.25, 0.3) is 16.7 Å². The number of rotatable bonds is 1. The standard InChI is InChI=1S/C14H12F2N4/c1-7-8(2)20(10-5-3-4-9(15)12(10)16)14-11(7)13(17)18-6-19-14/h3-6H,1-2H3,(H2,17,18,19). The van der Waals surface area contributed by atoms with Crippen LogP contribution in [-0.4, -0.2) is 14.5 Å². The van der Waals surface area contributed by atoms with E-state index >= 15 is 0 Å². The summed E-state index contributed by atoms with van der Waals surface area (Å²) in [5.74, 6) is -1.49. The molecule has 3 rings (SSSR count). The fourth-order valence-electron chi connectivity index (χ4n) is 2.39. The number of benzene rings is 1. The van der Waals surface area contributed by atoms with Crippen LogP contribution in [0.2, 0.25) is 0 Å². The van der Waals surface area contributed by atoms with Gasteiger partial charge in [0.25, 0.3) is 0 Å². The van der Waals surface area contributed by atoms with Gasteiger partial charge in [0.15, 0.2) is 17.3 Å². The minimum atomic E-state index is -0.912. The lowest BCUT2D eigenvalue weighted by atomic mass is 10.2. The van der Waals surface area contributed by atoms with Gasteiger partial charge in [-0.05, 0) is 31.5 Å². The minimum absolute atomic E-state index is 0.110. The first-order valence-electron chi connectivity index (χ1n) is 6.05. The van der Waals surface area contributed by atoms with Gasteiger partial charge in [-0.15, -0.1) is 0 Å². The van der Waals surface area contributed by atoms with E-state index in [2.05, 4.69) is 9.97 Å². The number of nitrogen functional groups attached to an aromatic ring is 1. The number of nitrogens with zero attached hydrogens (tertiary/aromatic N) is 3. The molecule has 0 radical (unpaired) electrons. The maximum atomic E-state index is 14.0. The van der Waals surface area contributed by atoms with Gasteiger partial charge in [0.05, 0.1) is 11.1 Å². The molecular weight excluding hydrogens is 262 g/mol. The molecule has 0 bridgehead atoms. The summed E-state index contributed by atoms with van der Waals surface area (Å²) in [5.41, 5.74) is 8.03. The van der Waals surface area contributed by atoms with E-state index in [1.807, 2.05) is 6.92 Å². The minimum Gasteiger partial charge on any atom is -0.383 e. The Labute approximate surface area is 113 Å². The number of aryl methyl sites for hydroxylation is 1. The SMILES string of the molecule is Cc1c(C)n(-c2cccc(F)c2F)c2ncnc(N)c12. The van der Waals surface area contributed by atoms with Crippen molar-refractivity contribution in [1.82, 2.24) is 14.5 Å². The molecule has 2 heterocycles. The first kappa shape index (κ1) is 12.5. The van der Waals surface area contributed by atoms with E-state index in [1.165, 1.54) is 18.5 Å². The number of hydrogen-bond acceptors (Lipinski definition) is 3. The summed E-state index contributed by atoms with van der Waals surface area (Å²) in [6, 6.07) is 4.04. The first-order valence-corrected chi connectivity index (χ1v) is 6.05. The second-order valence-electron chi connectivity index (χ2n) is 4.58. The fraction of sp³-hybridized carbons (Fsp3) is 0.143. The Kier molecular flexibility index (Phi) is 2.67. The van der Waals surface area contributed by atoms with Crippen molar-refractivity contribution in [2.24, 2.45) is 0 Å². The third-order valence-electron chi connectivity index (χ3n) is 3.49. The lowest BCUT2D eigenvalue weighted by molar-refractivity contribution is 0.504. The molecule has 3 aromatic rings. The number of halogens is 2. The monoisotopic (exact) mass is 274 g/mol. The van der Waals surface area contributed by atoms with E-state index in [1.54, 1.807) is 11.5 Å². The Morgan fingerprint density at radius 1 is 1.15 bits per heavy atom. The van der Waals surface area contributed by atoms with E-state index in [0.29, 0.717) is 16.9 Å². The summed E-state index contributed by atoms with van der Waals surface area (Å²) < 4.78 is 29.0. The third-order valence-corrected chi connectivity index (χ3v) is 3.49. The molecule has 4 nitrogen and oxygen atoms in total. The topological polar surface area (TPSA) is 56.7 Å². The highest BCUT2D eigenvalue weighted by Gasteiger charge is 2.19. The first-order chi connectivity index (χ1) is 9.52. The molecule has 0 spiro atoms. The molecule has 1 aromatic carbocycles. The molecule has 0 fully saturated rings. The third kappa shape index (κ3) is 1.57. The predicted octanol–water partition coefficient (Wildman–Crippen LogP) is 2.90. The van der Waals surface area contributed by atoms with Crippen LogP contribution in [-0.2, 0) is 0 Å². The lowest BCUT2D eigenvalue weighted by Gasteiger charge is -2.09. The van der Waals surface area contributed by atoms with E-state index in [-0.39, 0.29) is 5.69 Å². The van der Waals surface area contributed by atoms with E-state index in [9.17, 15) is 8.78 Å². The number of aromatic nitrogens is 3. The van der Waals surface area contributed by atoms with Crippen LogP contribution in [0.1, 0.15) is 11.3 Å². The average molecular weight is 274 g/mol. The van der Waals surface area contributed by atoms with Crippen molar-refractivity contribution in [2.45, 2.75) is 13.8 Å². The average Bonchev–Trinajstić information content (AvgIpc) is 2.67. The summed E-state index contributed by atoms with van der Waals surface area (Å²) in [6.07, 6.45) is 1.31. The Balaban J connectivity index is 2.46. The molecule has 0 saturated heterocycles. The van der Waals surface area contributed by atoms with E-state index in [0.717, 1.165) is 17.3 Å². The zero-order valence-electron chi connectivity index (χ0n) is 11.0. The molecular formula is C14H12F2N4. The molecule has 2 aromatic heterocycles. The Hall–Kier alpha value is -2.50. The Morgan fingerprint density at radius 3 is 2.65 bits per heavy atom. The molecule has 0 atom stereocenters. The van der Waals surface area contributed by atoms with Gasteiger partial charge in [0.1, 0.15) is 12.1 Å². The van der Waals surface area contributed by atoms with Crippen molar-refractivity contribution < 1.29 is 8.78 Å². The second kappa shape index (κ2) is 4.26. The quantitative estimate of drug-likeness (QED) is 0.742. The van der Waals surface area contributed by atoms with Crippen LogP contribution in [0.4, 0.5) is 14.6 Å². The highest BCUT2D eigenvalue weighted by atomic mass is 19.2. The van der Waals surface area contributed by atoms with Gasteiger partial charge < -0.3 is 5.73 Å². The molecule has 0 aliphatic heterocycles. The van der Waals surface area contributed by atoms with Gasteiger partial charge >= 0.3 is 0 Å². The number of nitrogens with two attached hydrogens (primary N) is 1. The van der Waals surface area contributed by atoms with Crippen LogP contribution in [0, 0.1) is 25.5 Å². The zero-order chi connectivity index (χ0) is 14.4. The van der Waals surface area contributed by atoms with E-state index in [4.69, 9.17) is 5.73 Å². The predicted molar refractivity (Wildman–Crippen MR) is 72.7 cm³/mol. The van der Waals surface area contributed by atoms with Gasteiger partial charge in [0, 0.05) is 5.69 Å². The van der Waals surface area contributed by atoms with Crippen molar-refractivity contribution in [3.05, 3.63) is 47.4 Å². The molecule has 0 saturated carbocycles. The Bertz CT molecular complexity index is 824. The molecule has 6 heteroatoms. The maximum absolute atomic E-state index is 14.0. The van der Waals surface area contributed by atoms with Crippen LogP contribution >= 0.6 is 0 Å². The summed E-state index contributed by atoms with van der Waals surface area (Å²) in [4.78, 5) is 8.10. The largest absolute Gasteiger partial charge is 0.383 e. The lowest BCUT2D eigenvalue weighted by Crippen LogP contribution is -2.03. The van der Waals surface area contributed by atoms with Crippen molar-refractivity contribution in [3.63, 3.8) is 0 Å². The van der Waals surface area contributed by atoms with Gasteiger partial charge in [0.2, 0.25) is 0 Å². The van der Waals surface area contributed by atoms with Gasteiger partial charge in [-0.2, -0.15) is 0 Å². The highest BCUT2D eigenvalue weighted by molar-refractivity contribution is 5.92. The summed E-state index contributed by atoms with van der Waals surface area (Å²) >= 11 is 0. The van der Waals surface area contributed by atoms with Crippen molar-refractivity contribution >= 4 is 16.9 Å². The van der Waals surface area contributed by atoms with Crippen molar-refractivity contribution in [2.75, 3.05) is 5.73 Å². The molecule has 0 aliphatic rings. The zero-order valence-corrected chi connectivity index (χ0v) is 11.0. The molecule has 2 N–H and O–H groups in total. The summed E-state index contributed by atoms with van der Waals surface area (Å²) in [7, 11) is 0. The van der Waals surface area contributed by atoms with Crippen molar-refractivity contribution in [3.8, 4) is 5.69 Å². The molecule has 0 amide bonds. The number of hydrogen-bond donors (Lipinski definition) is 1. The van der Waals surface area contributed by atoms with Gasteiger partial charge in [-0.25, -0.2) is 18.7 Å². The number of anilines is 1. The molecule has 20 heavy (non-hydrogen) atoms. The smallest absolute Gasteiger partial charge is 0.182 e. The highest BCUT2D eigenvalue weighted by Crippen LogP contribution is 2.31. The summed E-state index contributed by atoms with van der Waals surface area (Å²) in [6.45, 7) is 3.66. The summed E-state index contributed by atoms with van der Waals surface area (Å²) in [5, 5.41) is 0.661. The fourth-order valence-corrected chi connectivity index (χ4v) is 2.39. The molecule has 102 valence electrons. The Morgan fingerprint density at radius 2 is 1.90 bits per heavy atom. The normalized spacial score (nSPS) is 11.2. The second-order valence-corrected chi connectivity index (χ2v) is 4.58. The maximum Gasteiger partial charge on any atom is 0.182 e. The van der Waals surface area contributed by atoms with Gasteiger partial charge in [-0.3, -0.25) is 4.57 Å². The van der Waals surface area contributed by atoms with Crippen LogP contribution in [0.3, 0.4) is 0 Å². The van der Waals surface area contributed by atoms with E-state index < -0.39 is 11.6 Å². The van der Waals surface area contributed by atoms with Crippen LogP contribution in [0.5, 0.6) is 0 Å². The molecule has 0 unspecified atom stereocenters. The van der Waals surface area contributed by atoms with Crippen molar-refractivity contribution in [1.29, 1.82) is 0 Å². The van der Waals surface area contributed by atoms with Crippen LogP contribution < -0.4 is 5.73 Å².